The lowest BCUT2D eigenvalue weighted by Gasteiger charge is -2.12. The summed E-state index contributed by atoms with van der Waals surface area (Å²) in [6.45, 7) is 0. The Kier molecular flexibility index (Phi) is 6.83. The van der Waals surface area contributed by atoms with E-state index in [0.717, 1.165) is 88.4 Å². The van der Waals surface area contributed by atoms with Crippen molar-refractivity contribution in [1.82, 2.24) is 19.5 Å². The number of hydrogen-bond donors (Lipinski definition) is 0. The number of fused-ring (bicyclic) bond motifs is 9. The van der Waals surface area contributed by atoms with Gasteiger partial charge in [-0.15, -0.1) is 0 Å². The second-order valence-electron chi connectivity index (χ2n) is 14.3. The lowest BCUT2D eigenvalue weighted by atomic mass is 9.98. The van der Waals surface area contributed by atoms with Crippen LogP contribution < -0.4 is 0 Å². The molecule has 0 aliphatic heterocycles. The van der Waals surface area contributed by atoms with Crippen LogP contribution in [0, 0.1) is 0 Å². The van der Waals surface area contributed by atoms with Gasteiger partial charge in [-0.05, 0) is 36.4 Å². The summed E-state index contributed by atoms with van der Waals surface area (Å²) in [4.78, 5) is 15.5. The summed E-state index contributed by atoms with van der Waals surface area (Å²) in [5.74, 6) is 1.72. The Bertz CT molecular complexity index is 3530. The smallest absolute Gasteiger partial charge is 0.164 e. The second-order valence-corrected chi connectivity index (χ2v) is 14.3. The Morgan fingerprint density at radius 2 is 0.877 bits per heavy atom. The van der Waals surface area contributed by atoms with Crippen LogP contribution in [0.2, 0.25) is 0 Å². The number of aromatic nitrogens is 4. The fourth-order valence-corrected chi connectivity index (χ4v) is 8.62. The molecule has 0 radical (unpaired) electrons. The van der Waals surface area contributed by atoms with Gasteiger partial charge in [0.25, 0.3) is 0 Å². The van der Waals surface area contributed by atoms with Gasteiger partial charge in [0.15, 0.2) is 17.5 Å². The third-order valence-electron chi connectivity index (χ3n) is 11.1. The first-order chi connectivity index (χ1) is 28.3. The summed E-state index contributed by atoms with van der Waals surface area (Å²) in [6.07, 6.45) is 0. The van der Waals surface area contributed by atoms with E-state index in [4.69, 9.17) is 23.8 Å². The molecule has 0 spiro atoms. The molecule has 6 heteroatoms. The minimum absolute atomic E-state index is 0.564. The maximum atomic E-state index is 6.90. The van der Waals surface area contributed by atoms with Gasteiger partial charge in [0, 0.05) is 65.8 Å². The standard InChI is InChI=1S/C51H30N4O2/c1-3-15-31(16-4-1)49-52-50(39-25-13-29-43-45(39)37-20-8-10-28-42(37)56-43)54-51(53-49)40-26-14-30-44-46(40)38-24-12-23-36(48(38)57-44)35-22-11-21-34-33-19-7-9-27-41(33)55(47(34)35)32-17-5-2-6-18-32/h1-30H. The van der Waals surface area contributed by atoms with Crippen molar-refractivity contribution in [2.45, 2.75) is 0 Å². The second kappa shape index (κ2) is 12.3. The summed E-state index contributed by atoms with van der Waals surface area (Å²) in [5.41, 5.74) is 11.3. The largest absolute Gasteiger partial charge is 0.456 e. The summed E-state index contributed by atoms with van der Waals surface area (Å²) in [7, 11) is 0. The van der Waals surface area contributed by atoms with Crippen LogP contribution in [0.5, 0.6) is 0 Å². The normalized spacial score (nSPS) is 11.9. The van der Waals surface area contributed by atoms with Crippen molar-refractivity contribution >= 4 is 65.7 Å². The van der Waals surface area contributed by atoms with Gasteiger partial charge in [0.05, 0.1) is 11.0 Å². The Balaban J connectivity index is 1.12. The third-order valence-corrected chi connectivity index (χ3v) is 11.1. The summed E-state index contributed by atoms with van der Waals surface area (Å²) < 4.78 is 15.5. The molecule has 0 aliphatic rings. The van der Waals surface area contributed by atoms with Crippen molar-refractivity contribution < 1.29 is 8.83 Å². The van der Waals surface area contributed by atoms with E-state index in [2.05, 4.69) is 114 Å². The molecule has 12 aromatic rings. The highest BCUT2D eigenvalue weighted by atomic mass is 16.3. The van der Waals surface area contributed by atoms with E-state index in [9.17, 15) is 0 Å². The van der Waals surface area contributed by atoms with Crippen molar-refractivity contribution in [2.24, 2.45) is 0 Å². The van der Waals surface area contributed by atoms with Gasteiger partial charge >= 0.3 is 0 Å². The molecule has 0 unspecified atom stereocenters. The lowest BCUT2D eigenvalue weighted by molar-refractivity contribution is 0.669. The molecule has 0 bridgehead atoms. The van der Waals surface area contributed by atoms with E-state index in [1.165, 1.54) is 10.8 Å². The number of benzene rings is 8. The number of hydrogen-bond acceptors (Lipinski definition) is 5. The average Bonchev–Trinajstić information content (AvgIpc) is 3.97. The van der Waals surface area contributed by atoms with E-state index in [1.54, 1.807) is 0 Å². The van der Waals surface area contributed by atoms with Crippen molar-refractivity contribution in [3.63, 3.8) is 0 Å². The number of rotatable bonds is 5. The van der Waals surface area contributed by atoms with E-state index in [1.807, 2.05) is 72.8 Å². The molecule has 12 rings (SSSR count). The first-order valence-electron chi connectivity index (χ1n) is 19.0. The van der Waals surface area contributed by atoms with Crippen LogP contribution in [-0.2, 0) is 0 Å². The molecule has 6 nitrogen and oxygen atoms in total. The summed E-state index contributed by atoms with van der Waals surface area (Å²) >= 11 is 0. The molecule has 0 saturated carbocycles. The van der Waals surface area contributed by atoms with Gasteiger partial charge in [0.2, 0.25) is 0 Å². The summed E-state index contributed by atoms with van der Waals surface area (Å²) in [5, 5.41) is 6.33. The molecule has 0 N–H and O–H groups in total. The van der Waals surface area contributed by atoms with Crippen LogP contribution >= 0.6 is 0 Å². The Morgan fingerprint density at radius 1 is 0.351 bits per heavy atom. The number of para-hydroxylation sites is 5. The molecule has 0 fully saturated rings. The zero-order valence-corrected chi connectivity index (χ0v) is 30.4. The topological polar surface area (TPSA) is 69.9 Å². The molecule has 0 atom stereocenters. The van der Waals surface area contributed by atoms with Gasteiger partial charge in [-0.2, -0.15) is 0 Å². The molecule has 0 amide bonds. The number of furan rings is 2. The molecular weight excluding hydrogens is 701 g/mol. The Morgan fingerprint density at radius 3 is 1.65 bits per heavy atom. The van der Waals surface area contributed by atoms with Gasteiger partial charge in [0.1, 0.15) is 22.3 Å². The first-order valence-corrected chi connectivity index (χ1v) is 19.0. The summed E-state index contributed by atoms with van der Waals surface area (Å²) in [6, 6.07) is 62.5. The van der Waals surface area contributed by atoms with Crippen LogP contribution in [0.4, 0.5) is 0 Å². The van der Waals surface area contributed by atoms with Crippen molar-refractivity contribution in [3.8, 4) is 51.0 Å². The van der Waals surface area contributed by atoms with E-state index < -0.39 is 0 Å². The van der Waals surface area contributed by atoms with Crippen molar-refractivity contribution in [3.05, 3.63) is 182 Å². The van der Waals surface area contributed by atoms with Crippen molar-refractivity contribution in [1.29, 1.82) is 0 Å². The molecule has 0 saturated heterocycles. The molecule has 266 valence electrons. The Hall–Kier alpha value is -7.83. The molecule has 4 heterocycles. The fraction of sp³-hybridized carbons (Fsp3) is 0. The maximum absolute atomic E-state index is 6.90. The average molecular weight is 731 g/mol. The highest BCUT2D eigenvalue weighted by Crippen LogP contribution is 2.44. The quantitative estimate of drug-likeness (QED) is 0.176. The van der Waals surface area contributed by atoms with Gasteiger partial charge < -0.3 is 13.4 Å². The van der Waals surface area contributed by atoms with E-state index in [0.29, 0.717) is 17.5 Å². The van der Waals surface area contributed by atoms with Crippen LogP contribution in [-0.4, -0.2) is 19.5 Å². The SMILES string of the molecule is c1ccc(-c2nc(-c3cccc4oc5ccccc5c34)nc(-c3cccc4oc5c(-c6cccc7c8ccccc8n(-c8ccccc8)c67)cccc5c34)n2)cc1. The minimum atomic E-state index is 0.564. The number of nitrogens with zero attached hydrogens (tertiary/aromatic N) is 4. The van der Waals surface area contributed by atoms with Crippen LogP contribution in [0.1, 0.15) is 0 Å². The predicted octanol–water partition coefficient (Wildman–Crippen LogP) is 13.4. The van der Waals surface area contributed by atoms with Crippen LogP contribution in [0.3, 0.4) is 0 Å². The van der Waals surface area contributed by atoms with Crippen LogP contribution in [0.25, 0.3) is 117 Å². The monoisotopic (exact) mass is 730 g/mol. The zero-order chi connectivity index (χ0) is 37.5. The maximum Gasteiger partial charge on any atom is 0.164 e. The van der Waals surface area contributed by atoms with Gasteiger partial charge in [-0.25, -0.2) is 15.0 Å². The minimum Gasteiger partial charge on any atom is -0.456 e. The highest BCUT2D eigenvalue weighted by molar-refractivity contribution is 6.19. The van der Waals surface area contributed by atoms with Gasteiger partial charge in [-0.1, -0.05) is 146 Å². The molecular formula is C51H30N4O2. The van der Waals surface area contributed by atoms with E-state index >= 15 is 0 Å². The van der Waals surface area contributed by atoms with Crippen LogP contribution in [0.15, 0.2) is 191 Å². The highest BCUT2D eigenvalue weighted by Gasteiger charge is 2.23. The molecule has 8 aromatic carbocycles. The fourth-order valence-electron chi connectivity index (χ4n) is 8.62. The third kappa shape index (κ3) is 4.81. The molecule has 57 heavy (non-hydrogen) atoms. The Labute approximate surface area is 325 Å². The first kappa shape index (κ1) is 31.5. The zero-order valence-electron chi connectivity index (χ0n) is 30.4. The van der Waals surface area contributed by atoms with Gasteiger partial charge in [-0.3, -0.25) is 0 Å². The molecule has 0 aliphatic carbocycles. The van der Waals surface area contributed by atoms with Crippen molar-refractivity contribution in [2.75, 3.05) is 0 Å². The predicted molar refractivity (Wildman–Crippen MR) is 230 cm³/mol. The van der Waals surface area contributed by atoms with E-state index in [-0.39, 0.29) is 0 Å². The lowest BCUT2D eigenvalue weighted by Crippen LogP contribution is -2.00. The molecule has 4 aromatic heterocycles.